The smallest absolute Gasteiger partial charge is 0.166 e. The van der Waals surface area contributed by atoms with Crippen molar-refractivity contribution in [1.29, 1.82) is 0 Å². The van der Waals surface area contributed by atoms with Crippen LogP contribution < -0.4 is 0 Å². The summed E-state index contributed by atoms with van der Waals surface area (Å²) in [6, 6.07) is 14.9. The summed E-state index contributed by atoms with van der Waals surface area (Å²) >= 11 is 0. The van der Waals surface area contributed by atoms with Crippen molar-refractivity contribution in [3.63, 3.8) is 0 Å². The zero-order chi connectivity index (χ0) is 13.0. The van der Waals surface area contributed by atoms with Crippen LogP contribution in [-0.2, 0) is 6.18 Å². The molecule has 18 heavy (non-hydrogen) atoms. The summed E-state index contributed by atoms with van der Waals surface area (Å²) in [5.41, 5.74) is -0.614. The van der Waals surface area contributed by atoms with E-state index in [9.17, 15) is 13.2 Å². The van der Waals surface area contributed by atoms with E-state index in [0.717, 1.165) is 21.9 Å². The number of alkyl halides is 3. The maximum absolute atomic E-state index is 12.4. The molecule has 0 unspecified atom stereocenters. The average molecular weight is 286 g/mol. The number of rotatable bonds is 3. The molecule has 0 nitrogen and oxygen atoms in total. The van der Waals surface area contributed by atoms with E-state index in [-0.39, 0.29) is 0 Å². The van der Waals surface area contributed by atoms with Gasteiger partial charge in [0.2, 0.25) is 0 Å². The summed E-state index contributed by atoms with van der Waals surface area (Å²) in [6.07, 6.45) is -4.27. The number of benzene rings is 2. The molecule has 0 atom stereocenters. The Hall–Kier alpha value is -1.07. The van der Waals surface area contributed by atoms with Crippen molar-refractivity contribution >= 4 is 21.6 Å². The van der Waals surface area contributed by atoms with Gasteiger partial charge in [-0.3, -0.25) is 0 Å². The van der Waals surface area contributed by atoms with Crippen LogP contribution in [0.1, 0.15) is 5.56 Å². The molecule has 0 saturated carbocycles. The predicted octanol–water partition coefficient (Wildman–Crippen LogP) is 5.50. The molecule has 0 saturated heterocycles. The fourth-order valence-corrected chi connectivity index (χ4v) is 3.22. The number of halogens is 3. The zero-order valence-corrected chi connectivity index (χ0v) is 10.8. The van der Waals surface area contributed by atoms with Gasteiger partial charge in [-0.05, 0) is 36.4 Å². The van der Waals surface area contributed by atoms with Crippen LogP contribution in [-0.4, -0.2) is 0 Å². The van der Waals surface area contributed by atoms with Crippen LogP contribution in [0.4, 0.5) is 13.2 Å². The first kappa shape index (κ1) is 13.4. The largest absolute Gasteiger partial charge is 0.416 e. The van der Waals surface area contributed by atoms with E-state index in [4.69, 9.17) is 0 Å². The van der Waals surface area contributed by atoms with Crippen molar-refractivity contribution < 1.29 is 13.2 Å². The Morgan fingerprint density at radius 1 is 0.667 bits per heavy atom. The van der Waals surface area contributed by atoms with Crippen LogP contribution in [0.3, 0.4) is 0 Å². The van der Waals surface area contributed by atoms with Crippen molar-refractivity contribution in [2.75, 3.05) is 0 Å². The minimum atomic E-state index is -4.27. The minimum absolute atomic E-state index is 0.614. The van der Waals surface area contributed by atoms with Gasteiger partial charge in [-0.25, -0.2) is 0 Å². The maximum Gasteiger partial charge on any atom is 0.416 e. The molecule has 0 aliphatic carbocycles. The molecular formula is C13H9F3S2. The van der Waals surface area contributed by atoms with Crippen molar-refractivity contribution in [1.82, 2.24) is 0 Å². The average Bonchev–Trinajstić information content (AvgIpc) is 2.37. The second kappa shape index (κ2) is 5.71. The molecule has 0 fully saturated rings. The van der Waals surface area contributed by atoms with E-state index < -0.39 is 11.7 Å². The third-order valence-corrected chi connectivity index (χ3v) is 4.58. The van der Waals surface area contributed by atoms with Gasteiger partial charge in [0.05, 0.1) is 5.56 Å². The Kier molecular flexibility index (Phi) is 4.24. The highest BCUT2D eigenvalue weighted by molar-refractivity contribution is 8.76. The fraction of sp³-hybridized carbons (Fsp3) is 0.0769. The minimum Gasteiger partial charge on any atom is -0.166 e. The van der Waals surface area contributed by atoms with Crippen LogP contribution in [0, 0.1) is 0 Å². The van der Waals surface area contributed by atoms with Gasteiger partial charge in [-0.15, -0.1) is 0 Å². The number of hydrogen-bond acceptors (Lipinski definition) is 2. The van der Waals surface area contributed by atoms with Gasteiger partial charge >= 0.3 is 6.18 Å². The van der Waals surface area contributed by atoms with Crippen molar-refractivity contribution in [3.8, 4) is 0 Å². The highest BCUT2D eigenvalue weighted by Crippen LogP contribution is 2.38. The molecule has 0 aliphatic heterocycles. The second-order valence-electron chi connectivity index (χ2n) is 3.50. The molecule has 5 heteroatoms. The summed E-state index contributed by atoms with van der Waals surface area (Å²) < 4.78 is 37.1. The summed E-state index contributed by atoms with van der Waals surface area (Å²) in [7, 11) is 2.96. The topological polar surface area (TPSA) is 0 Å². The molecule has 0 amide bonds. The molecule has 2 rings (SSSR count). The van der Waals surface area contributed by atoms with E-state index in [1.54, 1.807) is 0 Å². The van der Waals surface area contributed by atoms with Crippen molar-refractivity contribution in [3.05, 3.63) is 60.2 Å². The molecule has 0 aliphatic rings. The lowest BCUT2D eigenvalue weighted by molar-refractivity contribution is -0.137. The van der Waals surface area contributed by atoms with E-state index in [2.05, 4.69) is 0 Å². The molecule has 0 radical (unpaired) electrons. The second-order valence-corrected chi connectivity index (χ2v) is 5.78. The molecule has 94 valence electrons. The standard InChI is InChI=1S/C13H9F3S2/c14-13(15,16)10-6-8-12(9-7-10)18-17-11-4-2-1-3-5-11/h1-9H. The Morgan fingerprint density at radius 2 is 1.17 bits per heavy atom. The third kappa shape index (κ3) is 3.71. The van der Waals surface area contributed by atoms with Gasteiger partial charge in [-0.1, -0.05) is 39.8 Å². The maximum atomic E-state index is 12.4. The number of hydrogen-bond donors (Lipinski definition) is 0. The van der Waals surface area contributed by atoms with Gasteiger partial charge in [0, 0.05) is 9.79 Å². The summed E-state index contributed by atoms with van der Waals surface area (Å²) in [5.74, 6) is 0. The van der Waals surface area contributed by atoms with E-state index in [0.29, 0.717) is 0 Å². The van der Waals surface area contributed by atoms with Crippen LogP contribution in [0.25, 0.3) is 0 Å². The van der Waals surface area contributed by atoms with Crippen LogP contribution in [0.15, 0.2) is 64.4 Å². The van der Waals surface area contributed by atoms with Gasteiger partial charge in [-0.2, -0.15) is 13.2 Å². The SMILES string of the molecule is FC(F)(F)c1ccc(SSc2ccccc2)cc1. The van der Waals surface area contributed by atoms with Gasteiger partial charge in [0.15, 0.2) is 0 Å². The summed E-state index contributed by atoms with van der Waals surface area (Å²) in [5, 5.41) is 0. The summed E-state index contributed by atoms with van der Waals surface area (Å²) in [6.45, 7) is 0. The van der Waals surface area contributed by atoms with Crippen LogP contribution in [0.5, 0.6) is 0 Å². The molecule has 2 aromatic carbocycles. The van der Waals surface area contributed by atoms with Crippen molar-refractivity contribution in [2.45, 2.75) is 16.0 Å². The van der Waals surface area contributed by atoms with E-state index in [1.807, 2.05) is 30.3 Å². The monoisotopic (exact) mass is 286 g/mol. The molecule has 0 spiro atoms. The lowest BCUT2D eigenvalue weighted by Gasteiger charge is -2.07. The Morgan fingerprint density at radius 3 is 1.67 bits per heavy atom. The first-order valence-electron chi connectivity index (χ1n) is 5.12. The highest BCUT2D eigenvalue weighted by atomic mass is 33.1. The molecule has 0 N–H and O–H groups in total. The Labute approximate surface area is 111 Å². The van der Waals surface area contributed by atoms with E-state index in [1.165, 1.54) is 33.7 Å². The Balaban J connectivity index is 1.99. The quantitative estimate of drug-likeness (QED) is 0.683. The van der Waals surface area contributed by atoms with Gasteiger partial charge in [0.1, 0.15) is 0 Å². The lowest BCUT2D eigenvalue weighted by atomic mass is 10.2. The van der Waals surface area contributed by atoms with E-state index >= 15 is 0 Å². The lowest BCUT2D eigenvalue weighted by Crippen LogP contribution is -2.03. The first-order chi connectivity index (χ1) is 8.55. The zero-order valence-electron chi connectivity index (χ0n) is 9.15. The molecule has 2 aromatic rings. The third-order valence-electron chi connectivity index (χ3n) is 2.16. The Bertz CT molecular complexity index is 492. The van der Waals surface area contributed by atoms with Crippen molar-refractivity contribution in [2.24, 2.45) is 0 Å². The molecule has 0 bridgehead atoms. The normalized spacial score (nSPS) is 11.5. The molecular weight excluding hydrogens is 277 g/mol. The predicted molar refractivity (Wildman–Crippen MR) is 69.6 cm³/mol. The molecule has 0 aromatic heterocycles. The van der Waals surface area contributed by atoms with Crippen LogP contribution >= 0.6 is 21.6 Å². The fourth-order valence-electron chi connectivity index (χ4n) is 1.27. The van der Waals surface area contributed by atoms with Gasteiger partial charge < -0.3 is 0 Å². The first-order valence-corrected chi connectivity index (χ1v) is 7.27. The summed E-state index contributed by atoms with van der Waals surface area (Å²) in [4.78, 5) is 1.87. The van der Waals surface area contributed by atoms with Gasteiger partial charge in [0.25, 0.3) is 0 Å². The van der Waals surface area contributed by atoms with Crippen LogP contribution in [0.2, 0.25) is 0 Å². The molecule has 0 heterocycles. The highest BCUT2D eigenvalue weighted by Gasteiger charge is 2.29.